The zero-order valence-electron chi connectivity index (χ0n) is 38.2. The van der Waals surface area contributed by atoms with E-state index in [1.54, 1.807) is 0 Å². The lowest BCUT2D eigenvalue weighted by Gasteiger charge is -2.44. The highest BCUT2D eigenvalue weighted by atomic mass is 16.3. The summed E-state index contributed by atoms with van der Waals surface area (Å²) in [5.74, 6) is 0.885. The Bertz CT molecular complexity index is 3020. The molecule has 6 aromatic carbocycles. The maximum atomic E-state index is 7.31. The third-order valence-corrected chi connectivity index (χ3v) is 13.3. The van der Waals surface area contributed by atoms with Gasteiger partial charge in [-0.15, -0.1) is 0 Å². The van der Waals surface area contributed by atoms with Crippen LogP contribution in [0.25, 0.3) is 33.3 Å². The molecule has 2 aliphatic rings. The van der Waals surface area contributed by atoms with E-state index in [0.29, 0.717) is 0 Å². The smallest absolute Gasteiger partial charge is 0.297 e. The topological polar surface area (TPSA) is 32.8 Å². The van der Waals surface area contributed by atoms with E-state index >= 15 is 0 Å². The Morgan fingerprint density at radius 2 is 1.03 bits per heavy atom. The molecular weight excluding hydrogens is 743 g/mol. The van der Waals surface area contributed by atoms with Gasteiger partial charge in [0, 0.05) is 33.4 Å². The van der Waals surface area contributed by atoms with Gasteiger partial charge in [0.25, 0.3) is 6.71 Å². The summed E-state index contributed by atoms with van der Waals surface area (Å²) in [6.07, 6.45) is 0. The molecule has 0 aliphatic carbocycles. The van der Waals surface area contributed by atoms with E-state index in [1.807, 2.05) is 12.1 Å². The molecule has 0 radical (unpaired) electrons. The van der Waals surface area contributed by atoms with E-state index < -0.39 is 0 Å². The van der Waals surface area contributed by atoms with Crippen molar-refractivity contribution in [3.05, 3.63) is 148 Å². The normalized spacial score (nSPS) is 13.9. The third-order valence-electron chi connectivity index (χ3n) is 13.3. The standard InChI is InChI=1S/C56H57BN2O2/c1-32-25-37(48-29-36-17-14-15-20-46(36)60-48)26-33(2)50(32)58-43-23-21-39(55(8,9)10)31-42(43)57-49-44(58)18-16-19-45(49)59(51-34(3)27-40(28-35(51)4)56(11,12)13)52-41-30-38(54(5,6)7)22-24-47(41)61-53(52)57/h14-31H,1-13H3. The number of hydrogen-bond donors (Lipinski definition) is 0. The van der Waals surface area contributed by atoms with E-state index in [1.165, 1.54) is 78.3 Å². The number of aryl methyl sites for hydroxylation is 4. The van der Waals surface area contributed by atoms with Crippen LogP contribution in [0.2, 0.25) is 0 Å². The molecule has 2 aliphatic heterocycles. The van der Waals surface area contributed by atoms with E-state index in [9.17, 15) is 0 Å². The second-order valence-electron chi connectivity index (χ2n) is 20.9. The average Bonchev–Trinajstić information content (AvgIpc) is 3.79. The summed E-state index contributed by atoms with van der Waals surface area (Å²) in [4.78, 5) is 5.09. The number of furan rings is 2. The summed E-state index contributed by atoms with van der Waals surface area (Å²) in [6.45, 7) is 29.7. The highest BCUT2D eigenvalue weighted by molar-refractivity contribution is 7.00. The molecule has 5 heteroatoms. The number of rotatable bonds is 3. The van der Waals surface area contributed by atoms with Crippen LogP contribution in [0.3, 0.4) is 0 Å². The zero-order valence-corrected chi connectivity index (χ0v) is 38.2. The van der Waals surface area contributed by atoms with Gasteiger partial charge in [0.2, 0.25) is 0 Å². The number of hydrogen-bond acceptors (Lipinski definition) is 4. The Morgan fingerprint density at radius 1 is 0.459 bits per heavy atom. The molecule has 306 valence electrons. The minimum absolute atomic E-state index is 0.0205. The fraction of sp³-hybridized carbons (Fsp3) is 0.286. The summed E-state index contributed by atoms with van der Waals surface area (Å²) in [5.41, 5.74) is 22.3. The SMILES string of the molecule is Cc1cc(-c2cc3ccccc3o2)cc(C)c1N1c2ccc(C(C)(C)C)cc2B2c3oc4ccc(C(C)(C)C)cc4c3N(c3c(C)cc(C(C)(C)C)cc3C)c3cccc1c32. The molecule has 0 atom stereocenters. The predicted octanol–water partition coefficient (Wildman–Crippen LogP) is 14.1. The van der Waals surface area contributed by atoms with Gasteiger partial charge in [0.15, 0.2) is 0 Å². The minimum Gasteiger partial charge on any atom is -0.468 e. The fourth-order valence-electron chi connectivity index (χ4n) is 10.1. The number of nitrogens with zero attached hydrogens (tertiary/aromatic N) is 2. The lowest BCUT2D eigenvalue weighted by Crippen LogP contribution is -2.61. The maximum Gasteiger partial charge on any atom is 0.297 e. The highest BCUT2D eigenvalue weighted by Crippen LogP contribution is 2.50. The van der Waals surface area contributed by atoms with E-state index in [4.69, 9.17) is 8.83 Å². The number of para-hydroxylation sites is 1. The Balaban J connectivity index is 1.28. The molecule has 0 unspecified atom stereocenters. The number of fused-ring (bicyclic) bond motifs is 7. The zero-order chi connectivity index (χ0) is 43.1. The van der Waals surface area contributed by atoms with Gasteiger partial charge in [-0.1, -0.05) is 117 Å². The summed E-state index contributed by atoms with van der Waals surface area (Å²) in [7, 11) is 0. The molecule has 0 spiro atoms. The molecule has 0 fully saturated rings. The van der Waals surface area contributed by atoms with Crippen molar-refractivity contribution in [2.45, 2.75) is 106 Å². The Morgan fingerprint density at radius 3 is 1.67 bits per heavy atom. The van der Waals surface area contributed by atoms with E-state index in [-0.39, 0.29) is 23.0 Å². The average molecular weight is 801 g/mol. The molecule has 0 bridgehead atoms. The van der Waals surface area contributed by atoms with Gasteiger partial charge < -0.3 is 18.6 Å². The van der Waals surface area contributed by atoms with Gasteiger partial charge >= 0.3 is 0 Å². The van der Waals surface area contributed by atoms with Crippen LogP contribution in [-0.2, 0) is 16.2 Å². The molecule has 0 amide bonds. The van der Waals surface area contributed by atoms with Crippen molar-refractivity contribution in [3.63, 3.8) is 0 Å². The highest BCUT2D eigenvalue weighted by Gasteiger charge is 2.47. The molecule has 0 saturated heterocycles. The molecule has 4 nitrogen and oxygen atoms in total. The number of anilines is 6. The molecule has 10 rings (SSSR count). The second-order valence-corrected chi connectivity index (χ2v) is 20.9. The monoisotopic (exact) mass is 800 g/mol. The van der Waals surface area contributed by atoms with Gasteiger partial charge in [-0.25, -0.2) is 0 Å². The molecule has 0 N–H and O–H groups in total. The molecule has 2 aromatic heterocycles. The largest absolute Gasteiger partial charge is 0.468 e. The van der Waals surface area contributed by atoms with Crippen LogP contribution in [-0.4, -0.2) is 6.71 Å². The summed E-state index contributed by atoms with van der Waals surface area (Å²) in [5, 5.41) is 2.27. The molecule has 61 heavy (non-hydrogen) atoms. The van der Waals surface area contributed by atoms with Crippen molar-refractivity contribution in [3.8, 4) is 11.3 Å². The van der Waals surface area contributed by atoms with Crippen LogP contribution in [0.15, 0.2) is 118 Å². The first-order valence-electron chi connectivity index (χ1n) is 22.0. The maximum absolute atomic E-state index is 7.31. The van der Waals surface area contributed by atoms with Crippen molar-refractivity contribution in [2.75, 3.05) is 9.80 Å². The minimum atomic E-state index is -0.124. The van der Waals surface area contributed by atoms with Crippen LogP contribution in [0.4, 0.5) is 34.1 Å². The van der Waals surface area contributed by atoms with Gasteiger partial charge in [-0.05, 0) is 148 Å². The number of benzene rings is 6. The predicted molar refractivity (Wildman–Crippen MR) is 260 cm³/mol. The molecule has 8 aromatic rings. The quantitative estimate of drug-likeness (QED) is 0.167. The summed E-state index contributed by atoms with van der Waals surface area (Å²) < 4.78 is 13.7. The van der Waals surface area contributed by atoms with Crippen LogP contribution in [0, 0.1) is 27.7 Å². The van der Waals surface area contributed by atoms with Gasteiger partial charge in [0.05, 0.1) is 22.7 Å². The van der Waals surface area contributed by atoms with Gasteiger partial charge in [0.1, 0.15) is 16.9 Å². The summed E-state index contributed by atoms with van der Waals surface area (Å²) >= 11 is 0. The molecular formula is C56H57BN2O2. The van der Waals surface area contributed by atoms with Crippen LogP contribution in [0.5, 0.6) is 0 Å². The Kier molecular flexibility index (Phi) is 8.54. The van der Waals surface area contributed by atoms with Crippen molar-refractivity contribution in [1.82, 2.24) is 0 Å². The third kappa shape index (κ3) is 6.10. The Labute approximate surface area is 362 Å². The molecule has 0 saturated carbocycles. The van der Waals surface area contributed by atoms with Crippen molar-refractivity contribution < 1.29 is 8.83 Å². The lowest BCUT2D eigenvalue weighted by molar-refractivity contribution is 0.589. The van der Waals surface area contributed by atoms with E-state index in [0.717, 1.165) is 44.6 Å². The fourth-order valence-corrected chi connectivity index (χ4v) is 10.1. The van der Waals surface area contributed by atoms with Crippen molar-refractivity contribution in [1.29, 1.82) is 0 Å². The second kappa shape index (κ2) is 13.3. The lowest BCUT2D eigenvalue weighted by atomic mass is 9.35. The van der Waals surface area contributed by atoms with E-state index in [2.05, 4.69) is 197 Å². The first-order chi connectivity index (χ1) is 28.8. The van der Waals surface area contributed by atoms with Crippen molar-refractivity contribution in [2.24, 2.45) is 0 Å². The van der Waals surface area contributed by atoms with Crippen LogP contribution < -0.4 is 26.4 Å². The van der Waals surface area contributed by atoms with Crippen LogP contribution >= 0.6 is 0 Å². The van der Waals surface area contributed by atoms with Gasteiger partial charge in [-0.3, -0.25) is 0 Å². The first kappa shape index (κ1) is 39.2. The summed E-state index contributed by atoms with van der Waals surface area (Å²) in [6, 6.07) is 40.8. The van der Waals surface area contributed by atoms with Gasteiger partial charge in [-0.2, -0.15) is 0 Å². The first-order valence-corrected chi connectivity index (χ1v) is 22.0. The Hall–Kier alpha value is -5.94. The molecule has 4 heterocycles. The van der Waals surface area contributed by atoms with Crippen molar-refractivity contribution >= 4 is 79.4 Å². The van der Waals surface area contributed by atoms with Crippen LogP contribution in [0.1, 0.15) is 101 Å².